The first-order valence-corrected chi connectivity index (χ1v) is 4.80. The van der Waals surface area contributed by atoms with E-state index in [1.165, 1.54) is 6.07 Å². The molecule has 0 aromatic heterocycles. The van der Waals surface area contributed by atoms with Crippen molar-refractivity contribution in [3.05, 3.63) is 23.8 Å². The molecule has 2 N–H and O–H groups in total. The molecular formula is C11H14O4. The van der Waals surface area contributed by atoms with Crippen molar-refractivity contribution in [2.75, 3.05) is 6.61 Å². The minimum absolute atomic E-state index is 0.0796. The van der Waals surface area contributed by atoms with Gasteiger partial charge in [-0.15, -0.1) is 0 Å². The van der Waals surface area contributed by atoms with Crippen LogP contribution in [-0.4, -0.2) is 22.8 Å². The summed E-state index contributed by atoms with van der Waals surface area (Å²) in [6.07, 6.45) is 0.520. The van der Waals surface area contributed by atoms with Gasteiger partial charge in [-0.3, -0.25) is 4.79 Å². The van der Waals surface area contributed by atoms with Crippen LogP contribution in [0.4, 0.5) is 0 Å². The molecule has 15 heavy (non-hydrogen) atoms. The molecule has 0 radical (unpaired) electrons. The maximum absolute atomic E-state index is 10.4. The van der Waals surface area contributed by atoms with Gasteiger partial charge in [0.25, 0.3) is 0 Å². The van der Waals surface area contributed by atoms with E-state index in [2.05, 4.69) is 0 Å². The van der Waals surface area contributed by atoms with E-state index >= 15 is 0 Å². The first kappa shape index (κ1) is 11.4. The number of carboxylic acid groups (broad SMARTS) is 1. The number of carboxylic acids is 1. The Bertz CT molecular complexity index is 346. The number of rotatable bonds is 5. The normalized spacial score (nSPS) is 9.93. The molecule has 4 nitrogen and oxygen atoms in total. The molecule has 1 aromatic carbocycles. The second-order valence-electron chi connectivity index (χ2n) is 3.13. The Balaban J connectivity index is 2.73. The van der Waals surface area contributed by atoms with Gasteiger partial charge in [-0.25, -0.2) is 0 Å². The third-order valence-corrected chi connectivity index (χ3v) is 1.95. The second-order valence-corrected chi connectivity index (χ2v) is 3.13. The zero-order valence-corrected chi connectivity index (χ0v) is 8.56. The van der Waals surface area contributed by atoms with Crippen molar-refractivity contribution in [3.63, 3.8) is 0 Å². The highest BCUT2D eigenvalue weighted by atomic mass is 16.5. The van der Waals surface area contributed by atoms with Gasteiger partial charge in [0.1, 0.15) is 0 Å². The van der Waals surface area contributed by atoms with Crippen molar-refractivity contribution in [1.82, 2.24) is 0 Å². The van der Waals surface area contributed by atoms with E-state index in [0.29, 0.717) is 18.8 Å². The summed E-state index contributed by atoms with van der Waals surface area (Å²) in [7, 11) is 0. The summed E-state index contributed by atoms with van der Waals surface area (Å²) >= 11 is 0. The number of phenolic OH excluding ortho intramolecular Hbond substituents is 1. The predicted molar refractivity (Wildman–Crippen MR) is 55.2 cm³/mol. The summed E-state index contributed by atoms with van der Waals surface area (Å²) in [5.41, 5.74) is 0.846. The van der Waals surface area contributed by atoms with Gasteiger partial charge in [0.15, 0.2) is 11.5 Å². The zero-order valence-electron chi connectivity index (χ0n) is 8.56. The van der Waals surface area contributed by atoms with Gasteiger partial charge in [-0.1, -0.05) is 6.07 Å². The van der Waals surface area contributed by atoms with Gasteiger partial charge in [0.05, 0.1) is 6.61 Å². The van der Waals surface area contributed by atoms with Crippen molar-refractivity contribution >= 4 is 5.97 Å². The van der Waals surface area contributed by atoms with E-state index in [4.69, 9.17) is 9.84 Å². The molecule has 0 atom stereocenters. The molecule has 1 rings (SSSR count). The predicted octanol–water partition coefficient (Wildman–Crippen LogP) is 1.81. The van der Waals surface area contributed by atoms with E-state index in [1.807, 2.05) is 6.92 Å². The number of aliphatic carboxylic acids is 1. The molecular weight excluding hydrogens is 196 g/mol. The number of aromatic hydroxyl groups is 1. The third kappa shape index (κ3) is 3.50. The summed E-state index contributed by atoms with van der Waals surface area (Å²) in [6.45, 7) is 2.29. The van der Waals surface area contributed by atoms with Crippen molar-refractivity contribution in [1.29, 1.82) is 0 Å². The molecule has 0 saturated heterocycles. The SMILES string of the molecule is CCOc1cc(CCC(=O)O)ccc1O. The lowest BCUT2D eigenvalue weighted by Crippen LogP contribution is -1.98. The van der Waals surface area contributed by atoms with Gasteiger partial charge in [0, 0.05) is 6.42 Å². The summed E-state index contributed by atoms with van der Waals surface area (Å²) < 4.78 is 5.19. The van der Waals surface area contributed by atoms with Crippen molar-refractivity contribution < 1.29 is 19.7 Å². The van der Waals surface area contributed by atoms with Gasteiger partial charge in [0.2, 0.25) is 0 Å². The number of hydrogen-bond acceptors (Lipinski definition) is 3. The van der Waals surface area contributed by atoms with E-state index in [-0.39, 0.29) is 12.2 Å². The van der Waals surface area contributed by atoms with Crippen LogP contribution in [0.5, 0.6) is 11.5 Å². The number of ether oxygens (including phenoxy) is 1. The number of hydrogen-bond donors (Lipinski definition) is 2. The van der Waals surface area contributed by atoms with E-state index in [1.54, 1.807) is 12.1 Å². The molecule has 4 heteroatoms. The fourth-order valence-electron chi connectivity index (χ4n) is 1.24. The van der Waals surface area contributed by atoms with E-state index in [9.17, 15) is 9.90 Å². The molecule has 0 amide bonds. The molecule has 0 heterocycles. The molecule has 0 unspecified atom stereocenters. The molecule has 0 aliphatic heterocycles. The number of carbonyl (C=O) groups is 1. The van der Waals surface area contributed by atoms with Crippen LogP contribution in [0.3, 0.4) is 0 Å². The van der Waals surface area contributed by atoms with Gasteiger partial charge < -0.3 is 14.9 Å². The van der Waals surface area contributed by atoms with Gasteiger partial charge >= 0.3 is 5.97 Å². The Morgan fingerprint density at radius 2 is 2.20 bits per heavy atom. The summed E-state index contributed by atoms with van der Waals surface area (Å²) in [6, 6.07) is 4.88. The molecule has 0 fully saturated rings. The number of phenols is 1. The van der Waals surface area contributed by atoms with Crippen LogP contribution in [0.15, 0.2) is 18.2 Å². The summed E-state index contributed by atoms with van der Waals surface area (Å²) in [4.78, 5) is 10.4. The fourth-order valence-corrected chi connectivity index (χ4v) is 1.24. The Labute approximate surface area is 88.1 Å². The Morgan fingerprint density at radius 3 is 2.80 bits per heavy atom. The number of benzene rings is 1. The molecule has 1 aromatic rings. The van der Waals surface area contributed by atoms with Crippen molar-refractivity contribution in [2.45, 2.75) is 19.8 Å². The zero-order chi connectivity index (χ0) is 11.3. The average molecular weight is 210 g/mol. The highest BCUT2D eigenvalue weighted by Gasteiger charge is 2.05. The van der Waals surface area contributed by atoms with Crippen molar-refractivity contribution in [2.24, 2.45) is 0 Å². The maximum atomic E-state index is 10.4. The summed E-state index contributed by atoms with van der Waals surface area (Å²) in [5.74, 6) is -0.350. The van der Waals surface area contributed by atoms with Crippen LogP contribution in [-0.2, 0) is 11.2 Å². The van der Waals surface area contributed by atoms with E-state index in [0.717, 1.165) is 5.56 Å². The lowest BCUT2D eigenvalue weighted by atomic mass is 10.1. The fraction of sp³-hybridized carbons (Fsp3) is 0.364. The highest BCUT2D eigenvalue weighted by molar-refractivity contribution is 5.67. The topological polar surface area (TPSA) is 66.8 Å². The largest absolute Gasteiger partial charge is 0.504 e. The minimum Gasteiger partial charge on any atom is -0.504 e. The molecule has 0 bridgehead atoms. The molecule has 0 saturated carbocycles. The first-order chi connectivity index (χ1) is 7.13. The molecule has 82 valence electrons. The van der Waals surface area contributed by atoms with Gasteiger partial charge in [-0.2, -0.15) is 0 Å². The lowest BCUT2D eigenvalue weighted by Gasteiger charge is -2.07. The average Bonchev–Trinajstić information content (AvgIpc) is 2.19. The highest BCUT2D eigenvalue weighted by Crippen LogP contribution is 2.27. The number of aryl methyl sites for hydroxylation is 1. The molecule has 0 spiro atoms. The lowest BCUT2D eigenvalue weighted by molar-refractivity contribution is -0.136. The van der Waals surface area contributed by atoms with Crippen molar-refractivity contribution in [3.8, 4) is 11.5 Å². The van der Waals surface area contributed by atoms with Crippen LogP contribution in [0.2, 0.25) is 0 Å². The van der Waals surface area contributed by atoms with Crippen LogP contribution in [0.1, 0.15) is 18.9 Å². The second kappa shape index (κ2) is 5.24. The quantitative estimate of drug-likeness (QED) is 0.777. The molecule has 0 aliphatic carbocycles. The molecule has 0 aliphatic rings. The van der Waals surface area contributed by atoms with Crippen LogP contribution < -0.4 is 4.74 Å². The van der Waals surface area contributed by atoms with Crippen LogP contribution in [0, 0.1) is 0 Å². The standard InChI is InChI=1S/C11H14O4/c1-2-15-10-7-8(3-5-9(10)12)4-6-11(13)14/h3,5,7,12H,2,4,6H2,1H3,(H,13,14). The maximum Gasteiger partial charge on any atom is 0.303 e. The van der Waals surface area contributed by atoms with E-state index < -0.39 is 5.97 Å². The Morgan fingerprint density at radius 1 is 1.47 bits per heavy atom. The van der Waals surface area contributed by atoms with Gasteiger partial charge in [-0.05, 0) is 31.0 Å². The Kier molecular flexibility index (Phi) is 3.97. The third-order valence-electron chi connectivity index (χ3n) is 1.95. The summed E-state index contributed by atoms with van der Waals surface area (Å²) in [5, 5.41) is 17.9. The first-order valence-electron chi connectivity index (χ1n) is 4.80. The minimum atomic E-state index is -0.832. The van der Waals surface area contributed by atoms with Crippen LogP contribution in [0.25, 0.3) is 0 Å². The monoisotopic (exact) mass is 210 g/mol. The smallest absolute Gasteiger partial charge is 0.303 e. The van der Waals surface area contributed by atoms with Crippen LogP contribution >= 0.6 is 0 Å². The Hall–Kier alpha value is -1.71.